The molecule has 0 radical (unpaired) electrons. The number of benzene rings is 2. The number of nitrogens with one attached hydrogen (secondary N) is 1. The largest absolute Gasteiger partial charge is 0.508 e. The molecule has 0 spiro atoms. The number of nitrogens with zero attached hydrogens (tertiary/aromatic N) is 1. The highest BCUT2D eigenvalue weighted by Gasteiger charge is 2.10. The average Bonchev–Trinajstić information content (AvgIpc) is 2.75. The number of fused-ring (bicyclic) bond motifs is 1. The van der Waals surface area contributed by atoms with Crippen LogP contribution in [-0.2, 0) is 0 Å². The highest BCUT2D eigenvalue weighted by atomic mass is 16.3. The minimum absolute atomic E-state index is 0.238. The van der Waals surface area contributed by atoms with E-state index < -0.39 is 0 Å². The normalized spacial score (nSPS) is 10.8. The van der Waals surface area contributed by atoms with Crippen molar-refractivity contribution < 1.29 is 5.11 Å². The zero-order valence-corrected chi connectivity index (χ0v) is 9.01. The summed E-state index contributed by atoms with van der Waals surface area (Å²) >= 11 is 0. The van der Waals surface area contributed by atoms with Crippen LogP contribution in [0, 0.1) is 0 Å². The smallest absolute Gasteiger partial charge is 0.115 e. The molecule has 0 fully saturated rings. The van der Waals surface area contributed by atoms with Gasteiger partial charge in [0.15, 0.2) is 0 Å². The predicted octanol–water partition coefficient (Wildman–Crippen LogP) is 2.52. The third kappa shape index (κ3) is 1.50. The van der Waals surface area contributed by atoms with Gasteiger partial charge in [-0.2, -0.15) is 5.10 Å². The fourth-order valence-corrected chi connectivity index (χ4v) is 1.93. The lowest BCUT2D eigenvalue weighted by atomic mass is 10.1. The third-order valence-electron chi connectivity index (χ3n) is 2.76. The molecule has 2 aromatic carbocycles. The average molecular weight is 225 g/mol. The monoisotopic (exact) mass is 225 g/mol. The molecule has 84 valence electrons. The summed E-state index contributed by atoms with van der Waals surface area (Å²) in [5, 5.41) is 17.4. The van der Waals surface area contributed by atoms with Crippen molar-refractivity contribution in [3.05, 3.63) is 42.5 Å². The van der Waals surface area contributed by atoms with Crippen LogP contribution in [0.25, 0.3) is 22.2 Å². The summed E-state index contributed by atoms with van der Waals surface area (Å²) in [7, 11) is 0. The fraction of sp³-hybridized carbons (Fsp3) is 0. The van der Waals surface area contributed by atoms with Gasteiger partial charge in [0.25, 0.3) is 0 Å². The number of hydrogen-bond acceptors (Lipinski definition) is 3. The number of aromatic nitrogens is 2. The van der Waals surface area contributed by atoms with Crippen LogP contribution in [0.4, 0.5) is 5.69 Å². The summed E-state index contributed by atoms with van der Waals surface area (Å²) in [4.78, 5) is 0. The quantitative estimate of drug-likeness (QED) is 0.557. The van der Waals surface area contributed by atoms with Crippen LogP contribution in [0.15, 0.2) is 42.5 Å². The summed E-state index contributed by atoms with van der Waals surface area (Å²) < 4.78 is 0. The van der Waals surface area contributed by atoms with Gasteiger partial charge in [-0.05, 0) is 36.4 Å². The van der Waals surface area contributed by atoms with E-state index in [9.17, 15) is 5.11 Å². The van der Waals surface area contributed by atoms with Gasteiger partial charge in [0.2, 0.25) is 0 Å². The lowest BCUT2D eigenvalue weighted by molar-refractivity contribution is 0.475. The van der Waals surface area contributed by atoms with Crippen molar-refractivity contribution in [1.82, 2.24) is 10.2 Å². The lowest BCUT2D eigenvalue weighted by Gasteiger charge is -2.00. The van der Waals surface area contributed by atoms with Crippen molar-refractivity contribution >= 4 is 16.6 Å². The summed E-state index contributed by atoms with van der Waals surface area (Å²) in [6.07, 6.45) is 0. The molecule has 3 rings (SSSR count). The van der Waals surface area contributed by atoms with Crippen molar-refractivity contribution in [3.8, 4) is 17.0 Å². The first-order chi connectivity index (χ1) is 8.25. The summed E-state index contributed by atoms with van der Waals surface area (Å²) in [5.41, 5.74) is 9.29. The first-order valence-electron chi connectivity index (χ1n) is 5.27. The van der Waals surface area contributed by atoms with Crippen molar-refractivity contribution in [2.75, 3.05) is 5.73 Å². The molecule has 4 nitrogen and oxygen atoms in total. The SMILES string of the molecule is Nc1cccc2[nH]nc(-c3ccc(O)cc3)c12. The van der Waals surface area contributed by atoms with E-state index in [-0.39, 0.29) is 5.75 Å². The maximum atomic E-state index is 9.27. The van der Waals surface area contributed by atoms with Gasteiger partial charge in [0.1, 0.15) is 11.4 Å². The van der Waals surface area contributed by atoms with E-state index in [1.807, 2.05) is 30.3 Å². The molecule has 1 aromatic heterocycles. The van der Waals surface area contributed by atoms with Crippen LogP contribution in [-0.4, -0.2) is 15.3 Å². The molecular weight excluding hydrogens is 214 g/mol. The third-order valence-corrected chi connectivity index (χ3v) is 2.76. The van der Waals surface area contributed by atoms with Crippen LogP contribution in [0.2, 0.25) is 0 Å². The number of aromatic amines is 1. The van der Waals surface area contributed by atoms with Crippen LogP contribution in [0.1, 0.15) is 0 Å². The van der Waals surface area contributed by atoms with Gasteiger partial charge in [0, 0.05) is 11.3 Å². The van der Waals surface area contributed by atoms with Crippen LogP contribution in [0.3, 0.4) is 0 Å². The Labute approximate surface area is 97.7 Å². The second kappa shape index (κ2) is 3.52. The van der Waals surface area contributed by atoms with Crippen LogP contribution in [0.5, 0.6) is 5.75 Å². The second-order valence-electron chi connectivity index (χ2n) is 3.89. The molecular formula is C13H11N3O. The molecule has 0 saturated heterocycles. The van der Waals surface area contributed by atoms with E-state index in [0.717, 1.165) is 22.2 Å². The Kier molecular flexibility index (Phi) is 2.01. The van der Waals surface area contributed by atoms with Gasteiger partial charge in [-0.3, -0.25) is 5.10 Å². The zero-order valence-electron chi connectivity index (χ0n) is 9.01. The van der Waals surface area contributed by atoms with Crippen LogP contribution >= 0.6 is 0 Å². The van der Waals surface area contributed by atoms with Crippen molar-refractivity contribution in [3.63, 3.8) is 0 Å². The second-order valence-corrected chi connectivity index (χ2v) is 3.89. The zero-order chi connectivity index (χ0) is 11.8. The molecule has 17 heavy (non-hydrogen) atoms. The van der Waals surface area contributed by atoms with Crippen LogP contribution < -0.4 is 5.73 Å². The molecule has 0 amide bonds. The number of rotatable bonds is 1. The Morgan fingerprint density at radius 1 is 1.06 bits per heavy atom. The Bertz CT molecular complexity index is 671. The van der Waals surface area contributed by atoms with E-state index in [1.165, 1.54) is 0 Å². The Hall–Kier alpha value is -2.49. The number of hydrogen-bond donors (Lipinski definition) is 3. The number of nitrogens with two attached hydrogens (primary N) is 1. The molecule has 0 saturated carbocycles. The number of phenolic OH excluding ortho intramolecular Hbond substituents is 1. The number of nitrogen functional groups attached to an aromatic ring is 1. The molecule has 0 atom stereocenters. The van der Waals surface area contributed by atoms with Gasteiger partial charge >= 0.3 is 0 Å². The summed E-state index contributed by atoms with van der Waals surface area (Å²) in [5.74, 6) is 0.238. The topological polar surface area (TPSA) is 74.9 Å². The standard InChI is InChI=1S/C13H11N3O/c14-10-2-1-3-11-12(10)13(16-15-11)8-4-6-9(17)7-5-8/h1-7,17H,14H2,(H,15,16). The molecule has 1 heterocycles. The first-order valence-corrected chi connectivity index (χ1v) is 5.27. The van der Waals surface area contributed by atoms with Gasteiger partial charge in [-0.15, -0.1) is 0 Å². The minimum Gasteiger partial charge on any atom is -0.508 e. The molecule has 3 aromatic rings. The first kappa shape index (κ1) is 9.72. The van der Waals surface area contributed by atoms with E-state index in [0.29, 0.717) is 5.69 Å². The van der Waals surface area contributed by atoms with E-state index >= 15 is 0 Å². The minimum atomic E-state index is 0.238. The van der Waals surface area contributed by atoms with Crippen molar-refractivity contribution in [1.29, 1.82) is 0 Å². The summed E-state index contributed by atoms with van der Waals surface area (Å²) in [6.45, 7) is 0. The highest BCUT2D eigenvalue weighted by molar-refractivity contribution is 6.01. The number of H-pyrrole nitrogens is 1. The van der Waals surface area contributed by atoms with Crippen molar-refractivity contribution in [2.45, 2.75) is 0 Å². The molecule has 4 N–H and O–H groups in total. The molecule has 0 unspecified atom stereocenters. The molecule has 0 aliphatic carbocycles. The fourth-order valence-electron chi connectivity index (χ4n) is 1.93. The number of phenols is 1. The van der Waals surface area contributed by atoms with Gasteiger partial charge in [-0.1, -0.05) is 6.07 Å². The van der Waals surface area contributed by atoms with E-state index in [4.69, 9.17) is 5.73 Å². The number of aromatic hydroxyl groups is 1. The molecule has 4 heteroatoms. The molecule has 0 aliphatic rings. The van der Waals surface area contributed by atoms with Gasteiger partial charge in [-0.25, -0.2) is 0 Å². The maximum absolute atomic E-state index is 9.27. The lowest BCUT2D eigenvalue weighted by Crippen LogP contribution is -1.86. The Morgan fingerprint density at radius 3 is 2.59 bits per heavy atom. The van der Waals surface area contributed by atoms with Gasteiger partial charge in [0.05, 0.1) is 10.9 Å². The van der Waals surface area contributed by atoms with E-state index in [1.54, 1.807) is 12.1 Å². The van der Waals surface area contributed by atoms with Crippen molar-refractivity contribution in [2.24, 2.45) is 0 Å². The predicted molar refractivity (Wildman–Crippen MR) is 67.6 cm³/mol. The summed E-state index contributed by atoms with van der Waals surface area (Å²) in [6, 6.07) is 12.6. The Morgan fingerprint density at radius 2 is 1.82 bits per heavy atom. The maximum Gasteiger partial charge on any atom is 0.115 e. The Balaban J connectivity index is 2.27. The highest BCUT2D eigenvalue weighted by Crippen LogP contribution is 2.30. The van der Waals surface area contributed by atoms with Gasteiger partial charge < -0.3 is 10.8 Å². The molecule has 0 aliphatic heterocycles. The molecule has 0 bridgehead atoms. The number of anilines is 1. The van der Waals surface area contributed by atoms with E-state index in [2.05, 4.69) is 10.2 Å².